The van der Waals surface area contributed by atoms with Crippen LogP contribution in [0.4, 0.5) is 4.39 Å². The molecule has 1 saturated carbocycles. The molecule has 0 spiro atoms. The fraction of sp³-hybridized carbons (Fsp3) is 0.345. The van der Waals surface area contributed by atoms with Crippen molar-refractivity contribution in [3.05, 3.63) is 90.4 Å². The van der Waals surface area contributed by atoms with Gasteiger partial charge >= 0.3 is 0 Å². The molecule has 5 nitrogen and oxygen atoms in total. The summed E-state index contributed by atoms with van der Waals surface area (Å²) in [5.74, 6) is 1.72. The molecule has 3 atom stereocenters. The molecule has 1 unspecified atom stereocenters. The maximum absolute atomic E-state index is 13.3. The molecule has 4 aromatic rings. The molecule has 1 N–H and O–H groups in total. The van der Waals surface area contributed by atoms with Crippen LogP contribution in [0.3, 0.4) is 0 Å². The summed E-state index contributed by atoms with van der Waals surface area (Å²) < 4.78 is 38.0. The van der Waals surface area contributed by atoms with Crippen LogP contribution < -0.4 is 9.46 Å². The Kier molecular flexibility index (Phi) is 7.78. The van der Waals surface area contributed by atoms with Crippen LogP contribution in [-0.4, -0.2) is 21.6 Å². The quantitative estimate of drug-likeness (QED) is 0.210. The Balaban J connectivity index is 1.34. The Hall–Kier alpha value is -3.03. The van der Waals surface area contributed by atoms with Gasteiger partial charge in [-0.2, -0.15) is 5.10 Å². The number of ether oxygens (including phenoxy) is 1. The van der Waals surface area contributed by atoms with Gasteiger partial charge in [0.2, 0.25) is 0 Å². The van der Waals surface area contributed by atoms with Gasteiger partial charge in [0.15, 0.2) is 0 Å². The number of halogens is 1. The van der Waals surface area contributed by atoms with E-state index in [1.165, 1.54) is 44.2 Å². The van der Waals surface area contributed by atoms with Gasteiger partial charge < -0.3 is 4.74 Å². The van der Waals surface area contributed by atoms with Crippen LogP contribution in [0.15, 0.2) is 79.0 Å². The van der Waals surface area contributed by atoms with E-state index in [4.69, 9.17) is 4.74 Å². The number of hydrogen-bond acceptors (Lipinski definition) is 3. The molecule has 188 valence electrons. The lowest BCUT2D eigenvalue weighted by Crippen LogP contribution is -2.38. The highest BCUT2D eigenvalue weighted by Gasteiger charge is 2.27. The molecule has 1 aliphatic rings. The maximum Gasteiger partial charge on any atom is 0.143 e. The summed E-state index contributed by atoms with van der Waals surface area (Å²) in [6.45, 7) is 2.04. The van der Waals surface area contributed by atoms with Gasteiger partial charge in [-0.05, 0) is 67.8 Å². The summed E-state index contributed by atoms with van der Waals surface area (Å²) in [7, 11) is -1.51. The van der Waals surface area contributed by atoms with Gasteiger partial charge in [-0.1, -0.05) is 53.8 Å². The first-order valence-corrected chi connectivity index (χ1v) is 14.2. The number of thiol groups is 1. The van der Waals surface area contributed by atoms with Crippen molar-refractivity contribution in [2.24, 2.45) is 5.92 Å². The third-order valence-electron chi connectivity index (χ3n) is 6.95. The van der Waals surface area contributed by atoms with Crippen molar-refractivity contribution in [2.75, 3.05) is 5.75 Å². The molecule has 1 aliphatic carbocycles. The summed E-state index contributed by atoms with van der Waals surface area (Å²) in [6.07, 6.45) is 7.64. The highest BCUT2D eigenvalue weighted by Crippen LogP contribution is 2.30. The number of nitrogens with one attached hydrogen (secondary N) is 1. The molecule has 1 fully saturated rings. The Morgan fingerprint density at radius 3 is 2.56 bits per heavy atom. The topological polar surface area (TPSA) is 56.1 Å². The molecular formula is C29H33FN3O2S+. The second-order valence-corrected chi connectivity index (χ2v) is 11.1. The van der Waals surface area contributed by atoms with Gasteiger partial charge in [0, 0.05) is 11.3 Å². The van der Waals surface area contributed by atoms with Crippen molar-refractivity contribution in [3.8, 4) is 11.4 Å². The molecule has 0 bridgehead atoms. The van der Waals surface area contributed by atoms with Gasteiger partial charge in [0.25, 0.3) is 0 Å². The van der Waals surface area contributed by atoms with Crippen LogP contribution in [0.2, 0.25) is 0 Å². The number of nitrogens with zero attached hydrogens (tertiary/aromatic N) is 2. The molecule has 0 aliphatic heterocycles. The Bertz CT molecular complexity index is 1300. The van der Waals surface area contributed by atoms with Gasteiger partial charge in [-0.3, -0.25) is 0 Å². The van der Waals surface area contributed by atoms with E-state index in [9.17, 15) is 8.60 Å². The van der Waals surface area contributed by atoms with E-state index in [1.54, 1.807) is 23.0 Å². The van der Waals surface area contributed by atoms with E-state index in [-0.39, 0.29) is 18.0 Å². The smallest absolute Gasteiger partial charge is 0.143 e. The van der Waals surface area contributed by atoms with Gasteiger partial charge in [0.1, 0.15) is 34.4 Å². The largest absolute Gasteiger partial charge is 0.484 e. The van der Waals surface area contributed by atoms with E-state index in [1.807, 2.05) is 55.5 Å². The van der Waals surface area contributed by atoms with E-state index in [0.717, 1.165) is 27.9 Å². The van der Waals surface area contributed by atoms with Crippen LogP contribution in [0, 0.1) is 11.7 Å². The highest BCUT2D eigenvalue weighted by molar-refractivity contribution is 7.82. The number of hydrogen-bond donors (Lipinski definition) is 1. The Labute approximate surface area is 214 Å². The predicted octanol–water partition coefficient (Wildman–Crippen LogP) is 6.45. The van der Waals surface area contributed by atoms with Crippen molar-refractivity contribution in [3.63, 3.8) is 0 Å². The fourth-order valence-corrected chi connectivity index (χ4v) is 6.60. The van der Waals surface area contributed by atoms with Crippen molar-refractivity contribution in [2.45, 2.75) is 51.2 Å². The second kappa shape index (κ2) is 11.4. The highest BCUT2D eigenvalue weighted by atomic mass is 32.2. The standard InChI is InChI=1S/C29H32FN3O2S/c1-21(32-36(34)20-22-8-4-2-5-9-22)29(23-10-6-3-7-11-23)35-27-16-17-28-24(18-27)19-31-33(28)26-14-12-25(30)13-15-26/h3,6-7,10-19,21-22,29H,2,4-5,8-9,20H2,1H3,(H,32,34)/p+1/t21-,29-,36?/m0/s1. The molecule has 0 radical (unpaired) electrons. The molecule has 7 heteroatoms. The first kappa shape index (κ1) is 24.7. The Morgan fingerprint density at radius 1 is 1.06 bits per heavy atom. The number of benzene rings is 3. The van der Waals surface area contributed by atoms with Gasteiger partial charge in [-0.15, -0.1) is 4.72 Å². The number of aromatic nitrogens is 2. The summed E-state index contributed by atoms with van der Waals surface area (Å²) in [4.78, 5) is 0. The van der Waals surface area contributed by atoms with Gasteiger partial charge in [-0.25, -0.2) is 9.07 Å². The molecule has 0 amide bonds. The monoisotopic (exact) mass is 506 g/mol. The van der Waals surface area contributed by atoms with Crippen LogP contribution >= 0.6 is 0 Å². The lowest BCUT2D eigenvalue weighted by molar-refractivity contribution is 0.174. The third kappa shape index (κ3) is 5.85. The van der Waals surface area contributed by atoms with Crippen LogP contribution in [0.25, 0.3) is 16.6 Å². The average Bonchev–Trinajstić information content (AvgIpc) is 3.32. The Morgan fingerprint density at radius 2 is 1.81 bits per heavy atom. The van der Waals surface area contributed by atoms with Gasteiger partial charge in [0.05, 0.1) is 23.4 Å². The summed E-state index contributed by atoms with van der Waals surface area (Å²) >= 11 is 0. The molecule has 5 rings (SSSR count). The third-order valence-corrected chi connectivity index (χ3v) is 8.50. The maximum atomic E-state index is 13.3. The molecule has 36 heavy (non-hydrogen) atoms. The second-order valence-electron chi connectivity index (χ2n) is 9.69. The minimum absolute atomic E-state index is 0.141. The SMILES string of the molecule is C[C@H](N[SH+](=O)CC1CCCCC1)[C@H](Oc1ccc2c(cnn2-c2ccc(F)cc2)c1)c1ccccc1. The van der Waals surface area contributed by atoms with Crippen LogP contribution in [0.5, 0.6) is 5.75 Å². The normalized spacial score (nSPS) is 17.1. The van der Waals surface area contributed by atoms with Crippen LogP contribution in [0.1, 0.15) is 50.7 Å². The zero-order valence-electron chi connectivity index (χ0n) is 20.5. The number of rotatable bonds is 9. The van der Waals surface area contributed by atoms with Crippen molar-refractivity contribution < 1.29 is 13.3 Å². The first-order chi connectivity index (χ1) is 17.6. The van der Waals surface area contributed by atoms with Crippen molar-refractivity contribution >= 4 is 21.9 Å². The van der Waals surface area contributed by atoms with Crippen LogP contribution in [-0.2, 0) is 15.2 Å². The van der Waals surface area contributed by atoms with Crippen molar-refractivity contribution in [1.82, 2.24) is 14.5 Å². The summed E-state index contributed by atoms with van der Waals surface area (Å²) in [6, 6.07) is 22.1. The van der Waals surface area contributed by atoms with E-state index in [2.05, 4.69) is 9.82 Å². The minimum atomic E-state index is -1.51. The minimum Gasteiger partial charge on any atom is -0.484 e. The molecule has 1 aromatic heterocycles. The van der Waals surface area contributed by atoms with E-state index < -0.39 is 11.0 Å². The predicted molar refractivity (Wildman–Crippen MR) is 144 cm³/mol. The zero-order valence-corrected chi connectivity index (χ0v) is 21.4. The number of fused-ring (bicyclic) bond motifs is 1. The molecule has 0 saturated heterocycles. The van der Waals surface area contributed by atoms with E-state index in [0.29, 0.717) is 11.7 Å². The lowest BCUT2D eigenvalue weighted by atomic mass is 9.91. The molecule has 3 aromatic carbocycles. The first-order valence-electron chi connectivity index (χ1n) is 12.7. The molecular weight excluding hydrogens is 473 g/mol. The van der Waals surface area contributed by atoms with Crippen molar-refractivity contribution in [1.29, 1.82) is 0 Å². The fourth-order valence-electron chi connectivity index (χ4n) is 5.07. The molecule has 1 heterocycles. The zero-order chi connectivity index (χ0) is 24.9. The summed E-state index contributed by atoms with van der Waals surface area (Å²) in [5.41, 5.74) is 2.73. The lowest BCUT2D eigenvalue weighted by Gasteiger charge is -2.25. The average molecular weight is 507 g/mol. The summed E-state index contributed by atoms with van der Waals surface area (Å²) in [5, 5.41) is 5.41. The van der Waals surface area contributed by atoms with E-state index >= 15 is 0 Å².